The van der Waals surface area contributed by atoms with Gasteiger partial charge in [-0.25, -0.2) is 4.79 Å². The van der Waals surface area contributed by atoms with Crippen LogP contribution in [0.15, 0.2) is 53.5 Å². The molecule has 190 valence electrons. The third-order valence-corrected chi connectivity index (χ3v) is 7.78. The molecule has 8 nitrogen and oxygen atoms in total. The number of primary amides is 1. The molecule has 2 aromatic rings. The van der Waals surface area contributed by atoms with Crippen LogP contribution in [-0.4, -0.2) is 62.1 Å². The minimum absolute atomic E-state index is 0.143. The first-order chi connectivity index (χ1) is 17.5. The highest BCUT2D eigenvalue weighted by molar-refractivity contribution is 6.12. The molecule has 2 aliphatic heterocycles. The highest BCUT2D eigenvalue weighted by atomic mass is 16.5. The number of hydrogen-bond donors (Lipinski definition) is 1. The summed E-state index contributed by atoms with van der Waals surface area (Å²) < 4.78 is 5.52. The van der Waals surface area contributed by atoms with Crippen molar-refractivity contribution >= 4 is 29.5 Å². The van der Waals surface area contributed by atoms with Gasteiger partial charge in [0.15, 0.2) is 0 Å². The van der Waals surface area contributed by atoms with E-state index >= 15 is 0 Å². The van der Waals surface area contributed by atoms with E-state index < -0.39 is 11.7 Å². The summed E-state index contributed by atoms with van der Waals surface area (Å²) in [5, 5.41) is 0. The van der Waals surface area contributed by atoms with E-state index in [2.05, 4.69) is 4.90 Å². The van der Waals surface area contributed by atoms with Crippen molar-refractivity contribution < 1.29 is 14.3 Å². The van der Waals surface area contributed by atoms with Crippen molar-refractivity contribution in [3.63, 3.8) is 0 Å². The Morgan fingerprint density at radius 3 is 2.53 bits per heavy atom. The summed E-state index contributed by atoms with van der Waals surface area (Å²) in [4.78, 5) is 38.3. The molecule has 2 N–H and O–H groups in total. The van der Waals surface area contributed by atoms with Crippen molar-refractivity contribution in [3.8, 4) is 0 Å². The Labute approximate surface area is 212 Å². The summed E-state index contributed by atoms with van der Waals surface area (Å²) in [6.45, 7) is 3.62. The van der Waals surface area contributed by atoms with Crippen LogP contribution >= 0.6 is 0 Å². The number of benzodiazepines with no additional fused rings is 1. The fourth-order valence-electron chi connectivity index (χ4n) is 5.94. The molecule has 0 bridgehead atoms. The molecule has 1 atom stereocenters. The largest absolute Gasteiger partial charge is 0.379 e. The van der Waals surface area contributed by atoms with Crippen LogP contribution in [0.1, 0.15) is 43.2 Å². The minimum Gasteiger partial charge on any atom is -0.379 e. The van der Waals surface area contributed by atoms with Crippen molar-refractivity contribution in [3.05, 3.63) is 59.7 Å². The number of nitrogens with two attached hydrogens (primary N) is 1. The zero-order chi connectivity index (χ0) is 25.1. The fourth-order valence-corrected chi connectivity index (χ4v) is 5.94. The zero-order valence-corrected chi connectivity index (χ0v) is 20.9. The van der Waals surface area contributed by atoms with Crippen molar-refractivity contribution in [2.75, 3.05) is 43.2 Å². The van der Waals surface area contributed by atoms with Crippen LogP contribution < -0.4 is 15.5 Å². The predicted molar refractivity (Wildman–Crippen MR) is 141 cm³/mol. The molecule has 1 unspecified atom stereocenters. The van der Waals surface area contributed by atoms with Gasteiger partial charge in [-0.15, -0.1) is 0 Å². The van der Waals surface area contributed by atoms with Crippen LogP contribution in [0.2, 0.25) is 0 Å². The second-order valence-electron chi connectivity index (χ2n) is 9.93. The molecule has 1 aliphatic carbocycles. The second kappa shape index (κ2) is 10.4. The van der Waals surface area contributed by atoms with E-state index in [0.717, 1.165) is 62.0 Å². The lowest BCUT2D eigenvalue weighted by atomic mass is 9.77. The number of rotatable bonds is 5. The Kier molecular flexibility index (Phi) is 7.07. The van der Waals surface area contributed by atoms with Gasteiger partial charge in [0, 0.05) is 44.4 Å². The van der Waals surface area contributed by atoms with Gasteiger partial charge in [0.2, 0.25) is 5.66 Å². The van der Waals surface area contributed by atoms with Crippen LogP contribution in [-0.2, 0) is 16.1 Å². The molecule has 36 heavy (non-hydrogen) atoms. The quantitative estimate of drug-likeness (QED) is 0.692. The van der Waals surface area contributed by atoms with Crippen LogP contribution in [0, 0.1) is 5.92 Å². The van der Waals surface area contributed by atoms with Gasteiger partial charge in [0.1, 0.15) is 0 Å². The lowest BCUT2D eigenvalue weighted by Gasteiger charge is -2.46. The van der Waals surface area contributed by atoms with Crippen LogP contribution in [0.25, 0.3) is 0 Å². The molecule has 3 amide bonds. The highest BCUT2D eigenvalue weighted by Gasteiger charge is 2.55. The zero-order valence-electron chi connectivity index (χ0n) is 20.9. The number of para-hydroxylation sites is 2. The number of carbonyl (C=O) groups excluding carboxylic acids is 2. The van der Waals surface area contributed by atoms with E-state index in [1.54, 1.807) is 18.2 Å². The lowest BCUT2D eigenvalue weighted by Crippen LogP contribution is -2.65. The summed E-state index contributed by atoms with van der Waals surface area (Å²) >= 11 is 0. The maximum Gasteiger partial charge on any atom is 0.321 e. The number of aliphatic imine (C=N–C) groups is 1. The van der Waals surface area contributed by atoms with Gasteiger partial charge in [-0.1, -0.05) is 55.7 Å². The number of fused-ring (bicyclic) bond motifs is 1. The third kappa shape index (κ3) is 4.40. The first-order valence-corrected chi connectivity index (χ1v) is 12.9. The molecule has 8 heteroatoms. The standard InChI is InChI=1S/C28H35N5O3/c1-31-24-13-7-5-9-21(24)19-30-28(26(31)34,23-11-3-2-4-12-23)33(27(29)35)25-14-8-6-10-22(25)20-32-15-17-36-18-16-32/h5-10,13-14,19,23H,2-4,11-12,15-18,20H2,1H3,(H2,29,35). The first-order valence-electron chi connectivity index (χ1n) is 12.9. The molecule has 1 saturated carbocycles. The average Bonchev–Trinajstić information content (AvgIpc) is 3.02. The molecule has 0 aromatic heterocycles. The van der Waals surface area contributed by atoms with Crippen LogP contribution in [0.4, 0.5) is 16.2 Å². The number of anilines is 2. The number of urea groups is 1. The number of ether oxygens (including phenoxy) is 1. The van der Waals surface area contributed by atoms with Crippen molar-refractivity contribution in [1.29, 1.82) is 0 Å². The second-order valence-corrected chi connectivity index (χ2v) is 9.93. The van der Waals surface area contributed by atoms with Gasteiger partial charge >= 0.3 is 6.03 Å². The van der Waals surface area contributed by atoms with Gasteiger partial charge in [-0.05, 0) is 30.5 Å². The van der Waals surface area contributed by atoms with E-state index in [1.807, 2.05) is 48.5 Å². The molecule has 2 heterocycles. The molecule has 2 fully saturated rings. The maximum atomic E-state index is 14.5. The molecule has 0 spiro atoms. The van der Waals surface area contributed by atoms with E-state index in [9.17, 15) is 9.59 Å². The summed E-state index contributed by atoms with van der Waals surface area (Å²) in [5.41, 5.74) is 7.92. The Morgan fingerprint density at radius 2 is 1.78 bits per heavy atom. The summed E-state index contributed by atoms with van der Waals surface area (Å²) in [6.07, 6.45) is 6.48. The van der Waals surface area contributed by atoms with Crippen LogP contribution in [0.5, 0.6) is 0 Å². The molecule has 3 aliphatic rings. The van der Waals surface area contributed by atoms with Gasteiger partial charge in [-0.2, -0.15) is 0 Å². The molecule has 1 saturated heterocycles. The average molecular weight is 490 g/mol. The number of likely N-dealkylation sites (N-methyl/N-ethyl adjacent to an activating group) is 1. The van der Waals surface area contributed by atoms with Crippen molar-refractivity contribution in [1.82, 2.24) is 4.90 Å². The summed E-state index contributed by atoms with van der Waals surface area (Å²) in [5.74, 6) is -0.369. The summed E-state index contributed by atoms with van der Waals surface area (Å²) in [6, 6.07) is 14.8. The maximum absolute atomic E-state index is 14.5. The topological polar surface area (TPSA) is 91.5 Å². The van der Waals surface area contributed by atoms with Gasteiger partial charge in [0.05, 0.1) is 24.6 Å². The monoisotopic (exact) mass is 489 g/mol. The predicted octanol–water partition coefficient (Wildman–Crippen LogP) is 3.78. The first kappa shape index (κ1) is 24.5. The molecule has 0 radical (unpaired) electrons. The Hall–Kier alpha value is -3.23. The van der Waals surface area contributed by atoms with Crippen molar-refractivity contribution in [2.24, 2.45) is 16.6 Å². The Bertz CT molecular complexity index is 1140. The van der Waals surface area contributed by atoms with Gasteiger partial charge in [0.25, 0.3) is 5.91 Å². The normalized spacial score (nSPS) is 23.2. The number of hydrogen-bond acceptors (Lipinski definition) is 5. The van der Waals surface area contributed by atoms with Crippen molar-refractivity contribution in [2.45, 2.75) is 44.3 Å². The van der Waals surface area contributed by atoms with Crippen LogP contribution in [0.3, 0.4) is 0 Å². The van der Waals surface area contributed by atoms with E-state index in [1.165, 1.54) is 4.90 Å². The Morgan fingerprint density at radius 1 is 1.08 bits per heavy atom. The molecular formula is C28H35N5O3. The number of nitrogens with zero attached hydrogens (tertiary/aromatic N) is 4. The number of benzene rings is 2. The van der Waals surface area contributed by atoms with Gasteiger partial charge in [-0.3, -0.25) is 19.6 Å². The van der Waals surface area contributed by atoms with E-state index in [4.69, 9.17) is 15.5 Å². The highest BCUT2D eigenvalue weighted by Crippen LogP contribution is 2.44. The van der Waals surface area contributed by atoms with E-state index in [-0.39, 0.29) is 11.8 Å². The number of carbonyl (C=O) groups is 2. The lowest BCUT2D eigenvalue weighted by molar-refractivity contribution is -0.125. The molecule has 5 rings (SSSR count). The third-order valence-electron chi connectivity index (χ3n) is 7.78. The molecule has 2 aromatic carbocycles. The van der Waals surface area contributed by atoms with Gasteiger partial charge < -0.3 is 15.4 Å². The fraction of sp³-hybridized carbons (Fsp3) is 0.464. The summed E-state index contributed by atoms with van der Waals surface area (Å²) in [7, 11) is 1.77. The minimum atomic E-state index is -1.46. The molecular weight excluding hydrogens is 454 g/mol. The number of morpholine rings is 1. The number of amides is 3. The Balaban J connectivity index is 1.66. The SMILES string of the molecule is CN1C(=O)C(C2CCCCC2)(N(C(N)=O)c2ccccc2CN2CCOCC2)N=Cc2ccccc21. The van der Waals surface area contributed by atoms with E-state index in [0.29, 0.717) is 25.4 Å². The smallest absolute Gasteiger partial charge is 0.321 e.